The number of nitrogens with zero attached hydrogens (tertiary/aromatic N) is 1. The molecule has 2 unspecified atom stereocenters. The van der Waals surface area contributed by atoms with Gasteiger partial charge in [-0.05, 0) is 47.5 Å². The number of rotatable bonds is 4. The highest BCUT2D eigenvalue weighted by Crippen LogP contribution is 2.32. The zero-order chi connectivity index (χ0) is 18.0. The van der Waals surface area contributed by atoms with Gasteiger partial charge in [0.05, 0.1) is 0 Å². The van der Waals surface area contributed by atoms with Crippen LogP contribution in [0.5, 0.6) is 0 Å². The first-order chi connectivity index (χ1) is 12.6. The first kappa shape index (κ1) is 17.3. The molecule has 0 amide bonds. The fraction of sp³-hybridized carbons (Fsp3) is 0.0952. The third-order valence-corrected chi connectivity index (χ3v) is 5.16. The average Bonchev–Trinajstić information content (AvgIpc) is 3.10. The maximum atomic E-state index is 6.02. The van der Waals surface area contributed by atoms with Crippen LogP contribution in [0.1, 0.15) is 17.3 Å². The van der Waals surface area contributed by atoms with E-state index in [-0.39, 0.29) is 6.17 Å². The van der Waals surface area contributed by atoms with Gasteiger partial charge in [-0.2, -0.15) is 0 Å². The summed E-state index contributed by atoms with van der Waals surface area (Å²) in [6, 6.07) is 26.2. The van der Waals surface area contributed by atoms with E-state index < -0.39 is 5.66 Å². The molecule has 130 valence electrons. The quantitative estimate of drug-likeness (QED) is 0.558. The van der Waals surface area contributed by atoms with E-state index in [1.165, 1.54) is 0 Å². The van der Waals surface area contributed by atoms with E-state index in [2.05, 4.69) is 38.7 Å². The zero-order valence-electron chi connectivity index (χ0n) is 13.9. The molecule has 5 heteroatoms. The van der Waals surface area contributed by atoms with Gasteiger partial charge < -0.3 is 5.32 Å². The van der Waals surface area contributed by atoms with E-state index in [9.17, 15) is 0 Å². The molecule has 2 N–H and O–H groups in total. The molecular formula is C21H17BrClN3. The van der Waals surface area contributed by atoms with Gasteiger partial charge in [0.1, 0.15) is 6.17 Å². The second kappa shape index (κ2) is 7.23. The second-order valence-electron chi connectivity index (χ2n) is 6.18. The SMILES string of the molecule is Clc1ccc(C2N=CC(Nc3ccc(Br)cc3)(c3ccccc3)N2)cc1. The number of halogens is 2. The standard InChI is InChI=1S/C21H17BrClN3/c22-17-8-12-19(13-9-17)25-21(16-4-2-1-3-5-16)14-24-20(26-21)15-6-10-18(23)11-7-15/h1-14,20,25-26H. The molecule has 3 aromatic rings. The molecule has 1 aliphatic rings. The van der Waals surface area contributed by atoms with Crippen molar-refractivity contribution in [3.05, 3.63) is 99.5 Å². The zero-order valence-corrected chi connectivity index (χ0v) is 16.2. The van der Waals surface area contributed by atoms with E-state index >= 15 is 0 Å². The van der Waals surface area contributed by atoms with Crippen molar-refractivity contribution in [1.29, 1.82) is 0 Å². The summed E-state index contributed by atoms with van der Waals surface area (Å²) in [4.78, 5) is 4.73. The minimum Gasteiger partial charge on any atom is -0.359 e. The number of hydrogen-bond acceptors (Lipinski definition) is 3. The summed E-state index contributed by atoms with van der Waals surface area (Å²) in [6.45, 7) is 0. The van der Waals surface area contributed by atoms with Gasteiger partial charge in [-0.3, -0.25) is 10.3 Å². The Hall–Kier alpha value is -2.14. The predicted molar refractivity (Wildman–Crippen MR) is 112 cm³/mol. The first-order valence-electron chi connectivity index (χ1n) is 8.31. The van der Waals surface area contributed by atoms with Crippen molar-refractivity contribution >= 4 is 39.4 Å². The average molecular weight is 427 g/mol. The lowest BCUT2D eigenvalue weighted by atomic mass is 10.00. The van der Waals surface area contributed by atoms with Gasteiger partial charge in [-0.25, -0.2) is 0 Å². The van der Waals surface area contributed by atoms with Gasteiger partial charge in [-0.1, -0.05) is 70.0 Å². The maximum absolute atomic E-state index is 6.02. The highest BCUT2D eigenvalue weighted by molar-refractivity contribution is 9.10. The van der Waals surface area contributed by atoms with Crippen LogP contribution >= 0.6 is 27.5 Å². The molecule has 3 nitrogen and oxygen atoms in total. The Labute approximate surface area is 166 Å². The van der Waals surface area contributed by atoms with Crippen LogP contribution in [0.15, 0.2) is 88.3 Å². The summed E-state index contributed by atoms with van der Waals surface area (Å²) >= 11 is 9.50. The monoisotopic (exact) mass is 425 g/mol. The fourth-order valence-electron chi connectivity index (χ4n) is 3.05. The minimum atomic E-state index is -0.584. The molecule has 1 heterocycles. The van der Waals surface area contributed by atoms with Gasteiger partial charge in [0.15, 0.2) is 5.66 Å². The van der Waals surface area contributed by atoms with Crippen LogP contribution in [0.25, 0.3) is 0 Å². The first-order valence-corrected chi connectivity index (χ1v) is 9.48. The molecule has 0 fully saturated rings. The van der Waals surface area contributed by atoms with Gasteiger partial charge in [-0.15, -0.1) is 0 Å². The second-order valence-corrected chi connectivity index (χ2v) is 7.53. The lowest BCUT2D eigenvalue weighted by Gasteiger charge is -2.31. The van der Waals surface area contributed by atoms with E-state index in [0.29, 0.717) is 0 Å². The Morgan fingerprint density at radius 3 is 2.31 bits per heavy atom. The summed E-state index contributed by atoms with van der Waals surface area (Å²) in [5.41, 5.74) is 2.59. The van der Waals surface area contributed by atoms with E-state index in [1.54, 1.807) is 0 Å². The van der Waals surface area contributed by atoms with Crippen molar-refractivity contribution in [3.8, 4) is 0 Å². The number of anilines is 1. The molecule has 0 aliphatic carbocycles. The Kier molecular flexibility index (Phi) is 4.81. The van der Waals surface area contributed by atoms with Crippen molar-refractivity contribution in [1.82, 2.24) is 5.32 Å². The van der Waals surface area contributed by atoms with E-state index in [4.69, 9.17) is 16.6 Å². The van der Waals surface area contributed by atoms with E-state index in [1.807, 2.05) is 72.9 Å². The summed E-state index contributed by atoms with van der Waals surface area (Å²) in [6.07, 6.45) is 1.80. The maximum Gasteiger partial charge on any atom is 0.153 e. The smallest absolute Gasteiger partial charge is 0.153 e. The van der Waals surface area contributed by atoms with Crippen LogP contribution in [0, 0.1) is 0 Å². The van der Waals surface area contributed by atoms with Gasteiger partial charge in [0.25, 0.3) is 0 Å². The number of aliphatic imine (C=N–C) groups is 1. The molecule has 0 radical (unpaired) electrons. The van der Waals surface area contributed by atoms with Crippen molar-refractivity contribution in [2.45, 2.75) is 11.8 Å². The van der Waals surface area contributed by atoms with Crippen LogP contribution < -0.4 is 10.6 Å². The lowest BCUT2D eigenvalue weighted by Crippen LogP contribution is -2.47. The third-order valence-electron chi connectivity index (χ3n) is 4.38. The summed E-state index contributed by atoms with van der Waals surface area (Å²) in [7, 11) is 0. The third kappa shape index (κ3) is 3.54. The predicted octanol–water partition coefficient (Wildman–Crippen LogP) is 5.74. The largest absolute Gasteiger partial charge is 0.359 e. The molecular weight excluding hydrogens is 410 g/mol. The highest BCUT2D eigenvalue weighted by Gasteiger charge is 2.37. The highest BCUT2D eigenvalue weighted by atomic mass is 79.9. The van der Waals surface area contributed by atoms with Crippen molar-refractivity contribution in [3.63, 3.8) is 0 Å². The topological polar surface area (TPSA) is 36.4 Å². The molecule has 4 rings (SSSR count). The van der Waals surface area contributed by atoms with Gasteiger partial charge in [0, 0.05) is 21.4 Å². The molecule has 0 saturated carbocycles. The fourth-order valence-corrected chi connectivity index (χ4v) is 3.44. The summed E-state index contributed by atoms with van der Waals surface area (Å²) in [5, 5.41) is 7.95. The Morgan fingerprint density at radius 1 is 0.923 bits per heavy atom. The molecule has 3 aromatic carbocycles. The molecule has 0 bridgehead atoms. The van der Waals surface area contributed by atoms with Crippen LogP contribution in [-0.2, 0) is 5.66 Å². The lowest BCUT2D eigenvalue weighted by molar-refractivity contribution is 0.473. The van der Waals surface area contributed by atoms with Crippen molar-refractivity contribution in [2.75, 3.05) is 5.32 Å². The van der Waals surface area contributed by atoms with Crippen LogP contribution in [0.4, 0.5) is 5.69 Å². The number of nitrogens with one attached hydrogen (secondary N) is 2. The summed E-state index contributed by atoms with van der Waals surface area (Å²) in [5.74, 6) is 0. The van der Waals surface area contributed by atoms with Gasteiger partial charge >= 0.3 is 0 Å². The van der Waals surface area contributed by atoms with E-state index in [0.717, 1.165) is 26.3 Å². The van der Waals surface area contributed by atoms with Gasteiger partial charge in [0.2, 0.25) is 0 Å². The Balaban J connectivity index is 1.68. The molecule has 0 aromatic heterocycles. The van der Waals surface area contributed by atoms with Crippen LogP contribution in [0.3, 0.4) is 0 Å². The van der Waals surface area contributed by atoms with Crippen LogP contribution in [-0.4, -0.2) is 6.21 Å². The number of hydrogen-bond donors (Lipinski definition) is 2. The number of benzene rings is 3. The Morgan fingerprint density at radius 2 is 1.62 bits per heavy atom. The summed E-state index contributed by atoms with van der Waals surface area (Å²) < 4.78 is 1.05. The Bertz CT molecular complexity index is 910. The molecule has 2 atom stereocenters. The normalized spacial score (nSPS) is 21.7. The van der Waals surface area contributed by atoms with Crippen molar-refractivity contribution < 1.29 is 0 Å². The van der Waals surface area contributed by atoms with Crippen LogP contribution in [0.2, 0.25) is 5.02 Å². The molecule has 0 spiro atoms. The minimum absolute atomic E-state index is 0.143. The molecule has 26 heavy (non-hydrogen) atoms. The molecule has 0 saturated heterocycles. The molecule has 1 aliphatic heterocycles. The van der Waals surface area contributed by atoms with Crippen molar-refractivity contribution in [2.24, 2.45) is 4.99 Å².